The number of nitrogens with two attached hydrogens (primary N) is 1. The molecule has 2 heterocycles. The molecule has 0 atom stereocenters. The van der Waals surface area contributed by atoms with Crippen molar-refractivity contribution in [2.45, 2.75) is 12.8 Å². The van der Waals surface area contributed by atoms with E-state index in [9.17, 15) is 4.79 Å². The molecule has 0 fully saturated rings. The Morgan fingerprint density at radius 3 is 2.89 bits per heavy atom. The fourth-order valence-corrected chi connectivity index (χ4v) is 2.49. The van der Waals surface area contributed by atoms with Crippen LogP contribution in [0.5, 0.6) is 0 Å². The summed E-state index contributed by atoms with van der Waals surface area (Å²) in [6.07, 6.45) is 5.43. The number of rotatable bonds is 1. The first-order valence-electron chi connectivity index (χ1n) is 6.01. The topological polar surface area (TPSA) is 60.4 Å². The number of nitrogens with zero attached hydrogens (tertiary/aromatic N) is 2. The highest BCUT2D eigenvalue weighted by molar-refractivity contribution is 6.35. The van der Waals surface area contributed by atoms with Crippen molar-refractivity contribution in [2.24, 2.45) is 4.99 Å². The van der Waals surface area contributed by atoms with Gasteiger partial charge in [-0.15, -0.1) is 0 Å². The lowest BCUT2D eigenvalue weighted by atomic mass is 10.1. The number of benzene rings is 1. The van der Waals surface area contributed by atoms with E-state index >= 15 is 0 Å². The largest absolute Gasteiger partial charge is 0.385 e. The molecule has 0 saturated heterocycles. The van der Waals surface area contributed by atoms with Crippen LogP contribution in [0.1, 0.15) is 12.8 Å². The highest BCUT2D eigenvalue weighted by Gasteiger charge is 2.13. The third-order valence-corrected chi connectivity index (χ3v) is 3.41. The second-order valence-electron chi connectivity index (χ2n) is 4.37. The van der Waals surface area contributed by atoms with Crippen LogP contribution < -0.4 is 11.3 Å². The number of hydrogen-bond donors (Lipinski definition) is 1. The maximum Gasteiger partial charge on any atom is 0.267 e. The molecule has 0 saturated carbocycles. The summed E-state index contributed by atoms with van der Waals surface area (Å²) >= 11 is 6.11. The molecule has 0 amide bonds. The minimum Gasteiger partial charge on any atom is -0.385 e. The van der Waals surface area contributed by atoms with E-state index < -0.39 is 0 Å². The summed E-state index contributed by atoms with van der Waals surface area (Å²) < 4.78 is 1.41. The summed E-state index contributed by atoms with van der Waals surface area (Å²) in [6, 6.07) is 7.06. The van der Waals surface area contributed by atoms with Crippen molar-refractivity contribution < 1.29 is 0 Å². The first-order chi connectivity index (χ1) is 9.18. The van der Waals surface area contributed by atoms with Crippen LogP contribution in [0.25, 0.3) is 16.6 Å². The van der Waals surface area contributed by atoms with Gasteiger partial charge in [0.2, 0.25) is 0 Å². The molecule has 1 aromatic carbocycles. The molecule has 2 N–H and O–H groups in total. The average molecular weight is 274 g/mol. The number of hydrogen-bond acceptors (Lipinski definition) is 3. The summed E-state index contributed by atoms with van der Waals surface area (Å²) in [6.45, 7) is 0. The molecular formula is C14H12ClN3O. The lowest BCUT2D eigenvalue weighted by Gasteiger charge is -2.13. The fraction of sp³-hybridized carbons (Fsp3) is 0.143. The summed E-state index contributed by atoms with van der Waals surface area (Å²) in [5.74, 6) is 0.931. The van der Waals surface area contributed by atoms with E-state index in [0.29, 0.717) is 22.0 Å². The number of aromatic nitrogens is 1. The molecule has 1 aliphatic rings. The normalized spacial score (nSPS) is 14.7. The molecule has 4 nitrogen and oxygen atoms in total. The van der Waals surface area contributed by atoms with Gasteiger partial charge < -0.3 is 5.73 Å². The molecular weight excluding hydrogens is 262 g/mol. The molecule has 0 spiro atoms. The number of fused-ring (bicyclic) bond motifs is 1. The minimum absolute atomic E-state index is 0.231. The Bertz CT molecular complexity index is 774. The van der Waals surface area contributed by atoms with E-state index in [0.717, 1.165) is 18.2 Å². The minimum atomic E-state index is -0.231. The van der Waals surface area contributed by atoms with Gasteiger partial charge in [-0.1, -0.05) is 23.7 Å². The van der Waals surface area contributed by atoms with Crippen molar-refractivity contribution in [2.75, 3.05) is 5.73 Å². The third kappa shape index (κ3) is 1.94. The van der Waals surface area contributed by atoms with Gasteiger partial charge in [0.25, 0.3) is 5.56 Å². The van der Waals surface area contributed by atoms with Crippen LogP contribution in [0.15, 0.2) is 40.1 Å². The quantitative estimate of drug-likeness (QED) is 0.868. The van der Waals surface area contributed by atoms with Crippen LogP contribution in [0, 0.1) is 0 Å². The molecule has 1 aliphatic heterocycles. The average Bonchev–Trinajstić information content (AvgIpc) is 2.39. The lowest BCUT2D eigenvalue weighted by Crippen LogP contribution is -2.22. The molecule has 96 valence electrons. The molecule has 3 rings (SSSR count). The van der Waals surface area contributed by atoms with Gasteiger partial charge in [-0.2, -0.15) is 0 Å². The van der Waals surface area contributed by atoms with Gasteiger partial charge in [-0.25, -0.2) is 9.56 Å². The predicted molar refractivity (Wildman–Crippen MR) is 79.6 cm³/mol. The lowest BCUT2D eigenvalue weighted by molar-refractivity contribution is 0.979. The van der Waals surface area contributed by atoms with Crippen molar-refractivity contribution in [3.05, 3.63) is 45.7 Å². The van der Waals surface area contributed by atoms with E-state index in [1.54, 1.807) is 24.4 Å². The van der Waals surface area contributed by atoms with E-state index in [1.165, 1.54) is 4.57 Å². The van der Waals surface area contributed by atoms with E-state index in [2.05, 4.69) is 4.99 Å². The van der Waals surface area contributed by atoms with Crippen LogP contribution in [0.2, 0.25) is 5.02 Å². The van der Waals surface area contributed by atoms with E-state index in [1.807, 2.05) is 12.1 Å². The Morgan fingerprint density at radius 2 is 2.16 bits per heavy atom. The smallest absolute Gasteiger partial charge is 0.267 e. The Balaban J connectivity index is 2.37. The highest BCUT2D eigenvalue weighted by Crippen LogP contribution is 2.24. The Kier molecular flexibility index (Phi) is 2.87. The third-order valence-electron chi connectivity index (χ3n) is 3.10. The van der Waals surface area contributed by atoms with E-state index in [-0.39, 0.29) is 5.56 Å². The zero-order valence-electron chi connectivity index (χ0n) is 10.1. The van der Waals surface area contributed by atoms with Crippen LogP contribution >= 0.6 is 11.6 Å². The van der Waals surface area contributed by atoms with Gasteiger partial charge in [-0.05, 0) is 36.4 Å². The first-order valence-corrected chi connectivity index (χ1v) is 6.39. The van der Waals surface area contributed by atoms with Crippen LogP contribution in [0.3, 0.4) is 0 Å². The number of allylic oxidation sites excluding steroid dienone is 1. The molecule has 0 bridgehead atoms. The second-order valence-corrected chi connectivity index (χ2v) is 4.77. The predicted octanol–water partition coefficient (Wildman–Crippen LogP) is 2.90. The van der Waals surface area contributed by atoms with Crippen LogP contribution in [-0.4, -0.2) is 10.8 Å². The zero-order valence-corrected chi connectivity index (χ0v) is 10.9. The van der Waals surface area contributed by atoms with Crippen LogP contribution in [-0.2, 0) is 0 Å². The molecule has 5 heteroatoms. The van der Waals surface area contributed by atoms with Gasteiger partial charge >= 0.3 is 0 Å². The number of nitrogen functional groups attached to an aromatic ring is 1. The summed E-state index contributed by atoms with van der Waals surface area (Å²) in [5, 5.41) is 1.64. The Morgan fingerprint density at radius 1 is 1.32 bits per heavy atom. The van der Waals surface area contributed by atoms with Gasteiger partial charge in [0.15, 0.2) is 0 Å². The van der Waals surface area contributed by atoms with Crippen molar-refractivity contribution in [3.63, 3.8) is 0 Å². The number of aliphatic imine (C=N–C) groups is 1. The van der Waals surface area contributed by atoms with E-state index in [4.69, 9.17) is 17.3 Å². The maximum atomic E-state index is 12.6. The SMILES string of the molecule is Nc1cc2cccc(Cl)c2c(=O)n1C1=CCCC=N1. The van der Waals surface area contributed by atoms with Crippen molar-refractivity contribution >= 4 is 40.2 Å². The Hall–Kier alpha value is -2.07. The van der Waals surface area contributed by atoms with Gasteiger partial charge in [0.05, 0.1) is 10.4 Å². The monoisotopic (exact) mass is 273 g/mol. The van der Waals surface area contributed by atoms with Gasteiger partial charge in [0.1, 0.15) is 11.6 Å². The molecule has 19 heavy (non-hydrogen) atoms. The number of halogens is 1. The van der Waals surface area contributed by atoms with Crippen molar-refractivity contribution in [1.29, 1.82) is 0 Å². The van der Waals surface area contributed by atoms with Gasteiger partial charge in [-0.3, -0.25) is 4.79 Å². The summed E-state index contributed by atoms with van der Waals surface area (Å²) in [7, 11) is 0. The van der Waals surface area contributed by atoms with Crippen molar-refractivity contribution in [1.82, 2.24) is 4.57 Å². The maximum absolute atomic E-state index is 12.6. The summed E-state index contributed by atoms with van der Waals surface area (Å²) in [5.41, 5.74) is 5.74. The second kappa shape index (κ2) is 4.55. The fourth-order valence-electron chi connectivity index (χ4n) is 2.22. The number of anilines is 1. The Labute approximate surface area is 114 Å². The van der Waals surface area contributed by atoms with Gasteiger partial charge in [0, 0.05) is 6.21 Å². The zero-order chi connectivity index (χ0) is 13.4. The molecule has 2 aromatic rings. The van der Waals surface area contributed by atoms with Crippen LogP contribution in [0.4, 0.5) is 5.82 Å². The molecule has 0 aliphatic carbocycles. The first kappa shape index (κ1) is 12.0. The molecule has 0 radical (unpaired) electrons. The number of pyridine rings is 1. The standard InChI is InChI=1S/C14H12ClN3O/c15-10-5-3-4-9-8-11(16)18(14(19)13(9)10)12-6-1-2-7-17-12/h3-8H,1-2,16H2. The highest BCUT2D eigenvalue weighted by atomic mass is 35.5. The van der Waals surface area contributed by atoms with Crippen molar-refractivity contribution in [3.8, 4) is 0 Å². The molecule has 1 aromatic heterocycles. The summed E-state index contributed by atoms with van der Waals surface area (Å²) in [4.78, 5) is 16.8. The molecule has 0 unspecified atom stereocenters.